The van der Waals surface area contributed by atoms with Gasteiger partial charge in [-0.25, -0.2) is 19.5 Å². The van der Waals surface area contributed by atoms with Crippen LogP contribution >= 0.6 is 34.0 Å². The fraction of sp³-hybridized carbons (Fsp3) is 0.207. The number of methoxy groups -OCH3 is 1. The molecular weight excluding hydrogens is 615 g/mol. The molecule has 0 aliphatic rings. The molecule has 6 aromatic rings. The summed E-state index contributed by atoms with van der Waals surface area (Å²) >= 11 is 3.69. The molecule has 0 aliphatic heterocycles. The normalized spacial score (nSPS) is 11.6. The monoisotopic (exact) mass is 636 g/mol. The Kier molecular flexibility index (Phi) is 7.55. The number of imidazole rings is 1. The highest BCUT2D eigenvalue weighted by Gasteiger charge is 2.30. The summed E-state index contributed by atoms with van der Waals surface area (Å²) < 4.78 is 41.1. The molecule has 14 heteroatoms. The summed E-state index contributed by atoms with van der Waals surface area (Å²) in [5, 5.41) is 6.98. The molecule has 0 atom stereocenters. The number of benzene rings is 2. The number of fused-ring (bicyclic) bond motifs is 2. The predicted octanol–water partition coefficient (Wildman–Crippen LogP) is 6.60. The molecule has 2 aromatic carbocycles. The average molecular weight is 637 g/mol. The lowest BCUT2D eigenvalue weighted by Gasteiger charge is -2.13. The Bertz CT molecular complexity index is 1970. The Morgan fingerprint density at radius 3 is 2.63 bits per heavy atom. The zero-order valence-corrected chi connectivity index (χ0v) is 25.4. The van der Waals surface area contributed by atoms with E-state index >= 15 is 0 Å². The summed E-state index contributed by atoms with van der Waals surface area (Å²) in [6.45, 7) is 1.25. The van der Waals surface area contributed by atoms with Crippen molar-refractivity contribution in [3.8, 4) is 45.1 Å². The molecular formula is C29H22F2N6O3S3. The van der Waals surface area contributed by atoms with Gasteiger partial charge in [0.05, 0.1) is 35.8 Å². The average Bonchev–Trinajstić information content (AvgIpc) is 3.78. The van der Waals surface area contributed by atoms with Crippen LogP contribution < -0.4 is 9.47 Å². The van der Waals surface area contributed by atoms with Crippen molar-refractivity contribution < 1.29 is 23.0 Å². The first-order chi connectivity index (χ1) is 20.6. The number of carbonyl (C=O) groups excluding carboxylic acids is 1. The molecule has 0 spiro atoms. The number of nitrogens with zero attached hydrogens (tertiary/aromatic N) is 6. The lowest BCUT2D eigenvalue weighted by Crippen LogP contribution is -2.26. The zero-order chi connectivity index (χ0) is 30.3. The standard InChI is InChI=1S/C29H22F2N6O3S3/c1-5-10-36(3)26(38)17-8-6-16(7-9-17)24-32-18(15-41-24)14-40-22-12-19(39-4)11-20-23(22)42-25(33-20)21-13-37-28(34-21)43-27(35-37)29(2,30)31/h1,6-9,11-13,15H,10,14H2,2-4H3. The number of ether oxygens (including phenoxy) is 2. The van der Waals surface area contributed by atoms with Crippen molar-refractivity contribution in [1.82, 2.24) is 29.5 Å². The molecule has 0 radical (unpaired) electrons. The molecule has 218 valence electrons. The maximum absolute atomic E-state index is 13.7. The second-order valence-corrected chi connectivity index (χ2v) is 12.3. The van der Waals surface area contributed by atoms with E-state index in [1.54, 1.807) is 44.6 Å². The van der Waals surface area contributed by atoms with Gasteiger partial charge < -0.3 is 14.4 Å². The number of hydrogen-bond acceptors (Lipinski definition) is 10. The Morgan fingerprint density at radius 1 is 1.14 bits per heavy atom. The third kappa shape index (κ3) is 5.79. The summed E-state index contributed by atoms with van der Waals surface area (Å²) in [6, 6.07) is 10.8. The highest BCUT2D eigenvalue weighted by atomic mass is 32.1. The maximum atomic E-state index is 13.7. The second kappa shape index (κ2) is 11.3. The number of aromatic nitrogens is 5. The molecule has 0 saturated carbocycles. The fourth-order valence-corrected chi connectivity index (χ4v) is 6.73. The van der Waals surface area contributed by atoms with Gasteiger partial charge in [-0.2, -0.15) is 13.9 Å². The van der Waals surface area contributed by atoms with Crippen LogP contribution in [-0.4, -0.2) is 56.1 Å². The first-order valence-corrected chi connectivity index (χ1v) is 15.2. The molecule has 0 N–H and O–H groups in total. The minimum absolute atomic E-state index is 0.145. The summed E-state index contributed by atoms with van der Waals surface area (Å²) in [5.74, 6) is 0.426. The van der Waals surface area contributed by atoms with Crippen LogP contribution in [0.1, 0.15) is 28.0 Å². The van der Waals surface area contributed by atoms with E-state index in [-0.39, 0.29) is 24.1 Å². The van der Waals surface area contributed by atoms with Crippen molar-refractivity contribution in [1.29, 1.82) is 0 Å². The van der Waals surface area contributed by atoms with Gasteiger partial charge in [0.1, 0.15) is 33.8 Å². The molecule has 0 unspecified atom stereocenters. The molecule has 4 heterocycles. The SMILES string of the molecule is C#CCN(C)C(=O)c1ccc(-c2nc(COc3cc(OC)cc4nc(-c5cn6nc(C(C)(F)F)sc6n5)sc34)cs2)cc1. The second-order valence-electron chi connectivity index (χ2n) is 9.52. The number of alkyl halides is 2. The van der Waals surface area contributed by atoms with E-state index in [9.17, 15) is 13.6 Å². The van der Waals surface area contributed by atoms with E-state index in [4.69, 9.17) is 25.9 Å². The number of thiazole rings is 2. The van der Waals surface area contributed by atoms with E-state index in [1.807, 2.05) is 17.5 Å². The smallest absolute Gasteiger partial charge is 0.298 e. The Morgan fingerprint density at radius 2 is 1.93 bits per heavy atom. The minimum atomic E-state index is -3.03. The largest absolute Gasteiger partial charge is 0.497 e. The van der Waals surface area contributed by atoms with Gasteiger partial charge in [0.2, 0.25) is 4.96 Å². The topological polar surface area (TPSA) is 94.7 Å². The molecule has 4 aromatic heterocycles. The Hall–Kier alpha value is -4.45. The first kappa shape index (κ1) is 28.7. The quantitative estimate of drug-likeness (QED) is 0.165. The summed E-state index contributed by atoms with van der Waals surface area (Å²) in [7, 11) is 3.23. The van der Waals surface area contributed by atoms with Gasteiger partial charge in [-0.15, -0.1) is 29.1 Å². The van der Waals surface area contributed by atoms with Crippen LogP contribution in [0.25, 0.3) is 36.5 Å². The lowest BCUT2D eigenvalue weighted by molar-refractivity contribution is 0.0163. The number of halogens is 2. The van der Waals surface area contributed by atoms with Crippen LogP contribution in [0.3, 0.4) is 0 Å². The van der Waals surface area contributed by atoms with E-state index in [0.29, 0.717) is 38.2 Å². The predicted molar refractivity (Wildman–Crippen MR) is 163 cm³/mol. The molecule has 9 nitrogen and oxygen atoms in total. The molecule has 6 rings (SSSR count). The van der Waals surface area contributed by atoms with Crippen molar-refractivity contribution in [3.05, 3.63) is 64.2 Å². The third-order valence-electron chi connectivity index (χ3n) is 6.28. The number of carbonyl (C=O) groups is 1. The fourth-order valence-electron chi connectivity index (χ4n) is 4.13. The minimum Gasteiger partial charge on any atom is -0.497 e. The number of rotatable bonds is 9. The van der Waals surface area contributed by atoms with Gasteiger partial charge in [-0.3, -0.25) is 4.79 Å². The van der Waals surface area contributed by atoms with Gasteiger partial charge in [0.25, 0.3) is 11.8 Å². The van der Waals surface area contributed by atoms with Crippen LogP contribution in [0.5, 0.6) is 11.5 Å². The highest BCUT2D eigenvalue weighted by molar-refractivity contribution is 7.22. The van der Waals surface area contributed by atoms with Gasteiger partial charge in [0, 0.05) is 42.6 Å². The van der Waals surface area contributed by atoms with E-state index < -0.39 is 5.92 Å². The Labute approximate surface area is 256 Å². The highest BCUT2D eigenvalue weighted by Crippen LogP contribution is 2.40. The van der Waals surface area contributed by atoms with Gasteiger partial charge in [-0.1, -0.05) is 29.4 Å². The summed E-state index contributed by atoms with van der Waals surface area (Å²) in [5.41, 5.74) is 3.34. The van der Waals surface area contributed by atoms with Crippen molar-refractivity contribution in [3.63, 3.8) is 0 Å². The van der Waals surface area contributed by atoms with Crippen LogP contribution in [-0.2, 0) is 12.5 Å². The summed E-state index contributed by atoms with van der Waals surface area (Å²) in [4.78, 5) is 28.2. The zero-order valence-electron chi connectivity index (χ0n) is 23.0. The van der Waals surface area contributed by atoms with Crippen molar-refractivity contribution in [2.24, 2.45) is 0 Å². The lowest BCUT2D eigenvalue weighted by atomic mass is 10.1. The number of amides is 1. The van der Waals surface area contributed by atoms with Crippen LogP contribution in [0.2, 0.25) is 0 Å². The number of hydrogen-bond donors (Lipinski definition) is 0. The van der Waals surface area contributed by atoms with Crippen LogP contribution in [0, 0.1) is 12.3 Å². The van der Waals surface area contributed by atoms with Crippen LogP contribution in [0.4, 0.5) is 8.78 Å². The molecule has 0 fully saturated rings. The van der Waals surface area contributed by atoms with E-state index in [0.717, 1.165) is 39.2 Å². The van der Waals surface area contributed by atoms with Crippen molar-refractivity contribution in [2.75, 3.05) is 20.7 Å². The van der Waals surface area contributed by atoms with Gasteiger partial charge >= 0.3 is 0 Å². The molecule has 0 saturated heterocycles. The third-order valence-corrected chi connectivity index (χ3v) is 9.43. The van der Waals surface area contributed by atoms with Crippen molar-refractivity contribution in [2.45, 2.75) is 19.5 Å². The van der Waals surface area contributed by atoms with Crippen molar-refractivity contribution >= 4 is 55.1 Å². The van der Waals surface area contributed by atoms with Crippen LogP contribution in [0.15, 0.2) is 48.0 Å². The maximum Gasteiger partial charge on any atom is 0.298 e. The molecule has 0 bridgehead atoms. The molecule has 43 heavy (non-hydrogen) atoms. The van der Waals surface area contributed by atoms with E-state index in [1.165, 1.54) is 32.1 Å². The molecule has 0 aliphatic carbocycles. The van der Waals surface area contributed by atoms with Gasteiger partial charge in [-0.05, 0) is 12.1 Å². The summed E-state index contributed by atoms with van der Waals surface area (Å²) in [6.07, 6.45) is 6.90. The van der Waals surface area contributed by atoms with E-state index in [2.05, 4.69) is 16.0 Å². The molecule has 1 amide bonds. The Balaban J connectivity index is 1.21. The number of terminal acetylenes is 1. The first-order valence-electron chi connectivity index (χ1n) is 12.7. The van der Waals surface area contributed by atoms with Gasteiger partial charge in [0.15, 0.2) is 5.01 Å².